The van der Waals surface area contributed by atoms with E-state index in [-0.39, 0.29) is 0 Å². The van der Waals surface area contributed by atoms with Crippen molar-refractivity contribution in [1.82, 2.24) is 14.7 Å². The fraction of sp³-hybridized carbons (Fsp3) is 0.750. The molecule has 1 saturated carbocycles. The lowest BCUT2D eigenvalue weighted by Gasteiger charge is -2.26. The second-order valence-electron chi connectivity index (χ2n) is 5.15. The molecule has 2 atom stereocenters. The van der Waals surface area contributed by atoms with Gasteiger partial charge in [-0.05, 0) is 38.3 Å². The average Bonchev–Trinajstić information content (AvgIpc) is 2.89. The van der Waals surface area contributed by atoms with Crippen LogP contribution in [0.15, 0.2) is 12.4 Å². The zero-order valence-corrected chi connectivity index (χ0v) is 9.84. The summed E-state index contributed by atoms with van der Waals surface area (Å²) in [6, 6.07) is 1.34. The molecule has 1 aliphatic heterocycles. The average molecular weight is 220 g/mol. The Morgan fingerprint density at radius 2 is 2.25 bits per heavy atom. The maximum absolute atomic E-state index is 5.90. The Balaban J connectivity index is 1.87. The molecule has 3 rings (SSSR count). The predicted octanol–water partition coefficient (Wildman–Crippen LogP) is 0.904. The first-order chi connectivity index (χ1) is 7.79. The van der Waals surface area contributed by atoms with Gasteiger partial charge in [-0.3, -0.25) is 9.58 Å². The Morgan fingerprint density at radius 1 is 1.44 bits per heavy atom. The summed E-state index contributed by atoms with van der Waals surface area (Å²) < 4.78 is 1.90. The van der Waals surface area contributed by atoms with E-state index in [0.29, 0.717) is 12.0 Å². The van der Waals surface area contributed by atoms with Gasteiger partial charge in [0.15, 0.2) is 0 Å². The monoisotopic (exact) mass is 220 g/mol. The van der Waals surface area contributed by atoms with Crippen LogP contribution >= 0.6 is 0 Å². The first-order valence-corrected chi connectivity index (χ1v) is 6.24. The topological polar surface area (TPSA) is 47.1 Å². The molecule has 0 spiro atoms. The summed E-state index contributed by atoms with van der Waals surface area (Å²) in [6.07, 6.45) is 8.14. The van der Waals surface area contributed by atoms with Crippen LogP contribution in [0.1, 0.15) is 30.9 Å². The number of hydrogen-bond donors (Lipinski definition) is 1. The van der Waals surface area contributed by atoms with Crippen LogP contribution in [-0.2, 0) is 7.05 Å². The van der Waals surface area contributed by atoms with Crippen LogP contribution in [-0.4, -0.2) is 33.8 Å². The maximum Gasteiger partial charge on any atom is 0.0537 e. The van der Waals surface area contributed by atoms with Crippen LogP contribution in [0, 0.1) is 5.92 Å². The van der Waals surface area contributed by atoms with E-state index in [0.717, 1.165) is 12.6 Å². The van der Waals surface area contributed by atoms with Crippen molar-refractivity contribution in [3.63, 3.8) is 0 Å². The number of likely N-dealkylation sites (tertiary alicyclic amines) is 1. The van der Waals surface area contributed by atoms with Crippen molar-refractivity contribution in [3.05, 3.63) is 18.0 Å². The van der Waals surface area contributed by atoms with Crippen LogP contribution in [0.5, 0.6) is 0 Å². The van der Waals surface area contributed by atoms with Crippen molar-refractivity contribution in [3.8, 4) is 0 Å². The summed E-state index contributed by atoms with van der Waals surface area (Å²) >= 11 is 0. The number of rotatable bonds is 3. The molecule has 0 amide bonds. The smallest absolute Gasteiger partial charge is 0.0537 e. The van der Waals surface area contributed by atoms with E-state index in [1.807, 2.05) is 17.9 Å². The van der Waals surface area contributed by atoms with Gasteiger partial charge in [-0.1, -0.05) is 0 Å². The highest BCUT2D eigenvalue weighted by Crippen LogP contribution is 2.43. The molecule has 1 saturated heterocycles. The summed E-state index contributed by atoms with van der Waals surface area (Å²) in [6.45, 7) is 2.01. The Bertz CT molecular complexity index is 369. The number of aryl methyl sites for hydroxylation is 1. The minimum atomic E-state index is 0.520. The van der Waals surface area contributed by atoms with Crippen molar-refractivity contribution in [2.45, 2.75) is 31.3 Å². The first kappa shape index (κ1) is 10.3. The summed E-state index contributed by atoms with van der Waals surface area (Å²) in [5, 5.41) is 4.29. The van der Waals surface area contributed by atoms with E-state index >= 15 is 0 Å². The van der Waals surface area contributed by atoms with Gasteiger partial charge in [0.1, 0.15) is 0 Å². The largest absolute Gasteiger partial charge is 0.330 e. The van der Waals surface area contributed by atoms with Crippen molar-refractivity contribution in [1.29, 1.82) is 0 Å². The van der Waals surface area contributed by atoms with Crippen LogP contribution in [0.2, 0.25) is 0 Å². The molecular weight excluding hydrogens is 200 g/mol. The molecule has 1 aliphatic carbocycles. The zero-order chi connectivity index (χ0) is 11.1. The highest BCUT2D eigenvalue weighted by Gasteiger charge is 2.42. The molecule has 2 fully saturated rings. The van der Waals surface area contributed by atoms with Gasteiger partial charge in [-0.2, -0.15) is 5.10 Å². The minimum Gasteiger partial charge on any atom is -0.330 e. The van der Waals surface area contributed by atoms with Gasteiger partial charge in [0.25, 0.3) is 0 Å². The van der Waals surface area contributed by atoms with Crippen molar-refractivity contribution in [2.75, 3.05) is 13.1 Å². The lowest BCUT2D eigenvalue weighted by molar-refractivity contribution is 0.220. The molecule has 0 aromatic carbocycles. The third-order valence-electron chi connectivity index (χ3n) is 3.95. The molecule has 2 heterocycles. The third kappa shape index (κ3) is 1.66. The number of hydrogen-bond acceptors (Lipinski definition) is 3. The fourth-order valence-corrected chi connectivity index (χ4v) is 3.00. The molecule has 4 nitrogen and oxygen atoms in total. The van der Waals surface area contributed by atoms with Crippen LogP contribution < -0.4 is 5.73 Å². The quantitative estimate of drug-likeness (QED) is 0.823. The molecule has 2 aliphatic rings. The van der Waals surface area contributed by atoms with Gasteiger partial charge in [0.2, 0.25) is 0 Å². The van der Waals surface area contributed by atoms with Gasteiger partial charge in [-0.25, -0.2) is 0 Å². The molecule has 0 bridgehead atoms. The molecule has 16 heavy (non-hydrogen) atoms. The van der Waals surface area contributed by atoms with E-state index in [9.17, 15) is 0 Å². The zero-order valence-electron chi connectivity index (χ0n) is 9.84. The second-order valence-corrected chi connectivity index (χ2v) is 5.15. The molecule has 1 aromatic heterocycles. The first-order valence-electron chi connectivity index (χ1n) is 6.24. The molecule has 2 N–H and O–H groups in total. The molecule has 4 heteroatoms. The number of nitrogens with two attached hydrogens (primary N) is 1. The Kier molecular flexibility index (Phi) is 2.48. The van der Waals surface area contributed by atoms with Gasteiger partial charge in [-0.15, -0.1) is 0 Å². The normalized spacial score (nSPS) is 31.1. The summed E-state index contributed by atoms with van der Waals surface area (Å²) in [7, 11) is 1.98. The number of aromatic nitrogens is 2. The Morgan fingerprint density at radius 3 is 2.81 bits per heavy atom. The van der Waals surface area contributed by atoms with Crippen LogP contribution in [0.25, 0.3) is 0 Å². The minimum absolute atomic E-state index is 0.520. The predicted molar refractivity (Wildman–Crippen MR) is 62.8 cm³/mol. The fourth-order valence-electron chi connectivity index (χ4n) is 3.00. The highest BCUT2D eigenvalue weighted by molar-refractivity contribution is 5.16. The van der Waals surface area contributed by atoms with Gasteiger partial charge < -0.3 is 5.73 Å². The standard InChI is InChI=1S/C12H20N4/c1-15-8-10(7-14-15)12-9(6-13)4-5-16(12)11-2-3-11/h7-9,11-12H,2-6,13H2,1H3. The number of nitrogens with zero attached hydrogens (tertiary/aromatic N) is 3. The highest BCUT2D eigenvalue weighted by atomic mass is 15.3. The summed E-state index contributed by atoms with van der Waals surface area (Å²) in [5.74, 6) is 0.616. The van der Waals surface area contributed by atoms with Crippen molar-refractivity contribution >= 4 is 0 Å². The van der Waals surface area contributed by atoms with Crippen molar-refractivity contribution < 1.29 is 0 Å². The van der Waals surface area contributed by atoms with Crippen LogP contribution in [0.4, 0.5) is 0 Å². The summed E-state index contributed by atoms with van der Waals surface area (Å²) in [4.78, 5) is 2.65. The van der Waals surface area contributed by atoms with Gasteiger partial charge >= 0.3 is 0 Å². The van der Waals surface area contributed by atoms with E-state index in [2.05, 4.69) is 16.2 Å². The lowest BCUT2D eigenvalue weighted by atomic mass is 9.96. The Hall–Kier alpha value is -0.870. The SMILES string of the molecule is Cn1cc(C2C(CN)CCN2C2CC2)cn1. The van der Waals surface area contributed by atoms with Gasteiger partial charge in [0.05, 0.1) is 6.20 Å². The van der Waals surface area contributed by atoms with Crippen molar-refractivity contribution in [2.24, 2.45) is 18.7 Å². The molecule has 1 aromatic rings. The van der Waals surface area contributed by atoms with Crippen LogP contribution in [0.3, 0.4) is 0 Å². The molecule has 88 valence electrons. The lowest BCUT2D eigenvalue weighted by Crippen LogP contribution is -2.29. The Labute approximate surface area is 96.4 Å². The third-order valence-corrected chi connectivity index (χ3v) is 3.95. The molecular formula is C12H20N4. The molecule has 2 unspecified atom stereocenters. The van der Waals surface area contributed by atoms with E-state index < -0.39 is 0 Å². The van der Waals surface area contributed by atoms with E-state index in [1.165, 1.54) is 31.4 Å². The molecule has 0 radical (unpaired) electrons. The maximum atomic E-state index is 5.90. The second kappa shape index (κ2) is 3.86. The van der Waals surface area contributed by atoms with E-state index in [4.69, 9.17) is 5.73 Å². The summed E-state index contributed by atoms with van der Waals surface area (Å²) in [5.41, 5.74) is 7.25. The van der Waals surface area contributed by atoms with E-state index in [1.54, 1.807) is 0 Å². The van der Waals surface area contributed by atoms with Gasteiger partial charge in [0, 0.05) is 30.9 Å².